The summed E-state index contributed by atoms with van der Waals surface area (Å²) >= 11 is 0. The van der Waals surface area contributed by atoms with E-state index in [-0.39, 0.29) is 23.3 Å². The van der Waals surface area contributed by atoms with Gasteiger partial charge in [0.25, 0.3) is 0 Å². The Bertz CT molecular complexity index is 1170. The van der Waals surface area contributed by atoms with Gasteiger partial charge in [-0.1, -0.05) is 0 Å². The Kier molecular flexibility index (Phi) is 4.97. The average molecular weight is 431 g/mol. The van der Waals surface area contributed by atoms with Gasteiger partial charge in [-0.15, -0.1) is 13.2 Å². The van der Waals surface area contributed by atoms with Crippen molar-refractivity contribution in [2.24, 2.45) is 0 Å². The van der Waals surface area contributed by atoms with E-state index < -0.39 is 18.2 Å². The Balaban J connectivity index is 1.64. The van der Waals surface area contributed by atoms with Crippen molar-refractivity contribution < 1.29 is 32.2 Å². The summed E-state index contributed by atoms with van der Waals surface area (Å²) in [6.07, 6.45) is -3.30. The van der Waals surface area contributed by atoms with Crippen LogP contribution in [0.4, 0.5) is 18.9 Å². The molecule has 2 aliphatic heterocycles. The monoisotopic (exact) mass is 431 g/mol. The predicted molar refractivity (Wildman–Crippen MR) is 102 cm³/mol. The molecule has 2 aliphatic rings. The number of alkyl halides is 3. The Labute approximate surface area is 175 Å². The number of ether oxygens (including phenoxy) is 3. The Hall–Kier alpha value is -3.74. The zero-order valence-electron chi connectivity index (χ0n) is 16.5. The molecule has 0 radical (unpaired) electrons. The number of nitrogens with zero attached hydrogens (tertiary/aromatic N) is 2. The fourth-order valence-corrected chi connectivity index (χ4v) is 3.59. The van der Waals surface area contributed by atoms with Gasteiger partial charge in [-0.05, 0) is 31.5 Å². The van der Waals surface area contributed by atoms with Crippen LogP contribution < -0.4 is 19.5 Å². The van der Waals surface area contributed by atoms with Crippen molar-refractivity contribution >= 4 is 11.7 Å². The first-order chi connectivity index (χ1) is 14.7. The van der Waals surface area contributed by atoms with E-state index in [1.807, 2.05) is 0 Å². The number of anilines is 1. The number of carbonyl (C=O) groups is 1. The van der Waals surface area contributed by atoms with Gasteiger partial charge in [0.05, 0.1) is 29.5 Å². The first kappa shape index (κ1) is 20.5. The summed E-state index contributed by atoms with van der Waals surface area (Å²) in [5.41, 5.74) is 2.79. The van der Waals surface area contributed by atoms with Crippen molar-refractivity contribution in [1.82, 2.24) is 4.98 Å². The third kappa shape index (κ3) is 3.86. The number of nitrogens with one attached hydrogen (secondary N) is 1. The first-order valence-corrected chi connectivity index (χ1v) is 9.30. The molecule has 0 bridgehead atoms. The van der Waals surface area contributed by atoms with Gasteiger partial charge < -0.3 is 19.5 Å². The highest BCUT2D eigenvalue weighted by Crippen LogP contribution is 2.40. The molecule has 0 spiro atoms. The lowest BCUT2D eigenvalue weighted by Gasteiger charge is -2.25. The minimum atomic E-state index is -4.92. The molecule has 3 heterocycles. The zero-order chi connectivity index (χ0) is 22.3. The summed E-state index contributed by atoms with van der Waals surface area (Å²) in [6.45, 7) is 3.67. The summed E-state index contributed by atoms with van der Waals surface area (Å²) in [7, 11) is 0. The largest absolute Gasteiger partial charge is 0.574 e. The van der Waals surface area contributed by atoms with Gasteiger partial charge in [0.15, 0.2) is 11.5 Å². The Morgan fingerprint density at radius 1 is 1.29 bits per heavy atom. The van der Waals surface area contributed by atoms with Crippen LogP contribution in [0.15, 0.2) is 29.6 Å². The molecular weight excluding hydrogens is 415 g/mol. The second-order valence-corrected chi connectivity index (χ2v) is 7.07. The molecule has 10 heteroatoms. The second-order valence-electron chi connectivity index (χ2n) is 7.07. The molecule has 31 heavy (non-hydrogen) atoms. The molecule has 0 unspecified atom stereocenters. The smallest absolute Gasteiger partial charge is 0.489 e. The van der Waals surface area contributed by atoms with E-state index in [2.05, 4.69) is 21.1 Å². The molecule has 4 rings (SSSR count). The number of hydrogen-bond acceptors (Lipinski definition) is 7. The lowest BCUT2D eigenvalue weighted by Crippen LogP contribution is -2.25. The number of nitriles is 1. The molecule has 160 valence electrons. The van der Waals surface area contributed by atoms with E-state index in [1.54, 1.807) is 13.8 Å². The maximum absolute atomic E-state index is 12.9. The number of carbonyl (C=O) groups excluding carboxylic acids is 1. The van der Waals surface area contributed by atoms with Gasteiger partial charge >= 0.3 is 12.3 Å². The first-order valence-electron chi connectivity index (χ1n) is 9.30. The summed E-state index contributed by atoms with van der Waals surface area (Å²) in [4.78, 5) is 16.6. The minimum Gasteiger partial charge on any atom is -0.489 e. The number of fused-ring (bicyclic) bond motifs is 2. The van der Waals surface area contributed by atoms with Crippen LogP contribution in [0.3, 0.4) is 0 Å². The Morgan fingerprint density at radius 3 is 2.77 bits per heavy atom. The van der Waals surface area contributed by atoms with Crippen molar-refractivity contribution in [3.63, 3.8) is 0 Å². The van der Waals surface area contributed by atoms with Gasteiger partial charge in [-0.3, -0.25) is 0 Å². The number of benzene rings is 1. The molecule has 0 saturated carbocycles. The van der Waals surface area contributed by atoms with Crippen molar-refractivity contribution in [3.8, 4) is 23.4 Å². The van der Waals surface area contributed by atoms with Crippen molar-refractivity contribution in [3.05, 3.63) is 51.9 Å². The maximum atomic E-state index is 12.9. The molecule has 1 aromatic heterocycles. The fourth-order valence-electron chi connectivity index (χ4n) is 3.59. The van der Waals surface area contributed by atoms with Crippen molar-refractivity contribution in [1.29, 1.82) is 5.26 Å². The number of aryl methyl sites for hydroxylation is 1. The van der Waals surface area contributed by atoms with E-state index in [0.29, 0.717) is 46.9 Å². The molecule has 2 aromatic rings. The molecule has 7 nitrogen and oxygen atoms in total. The molecule has 1 aromatic carbocycles. The number of allylic oxidation sites excluding steroid dienone is 1. The lowest BCUT2D eigenvalue weighted by atomic mass is 9.97. The Morgan fingerprint density at radius 2 is 2.06 bits per heavy atom. The lowest BCUT2D eigenvalue weighted by molar-refractivity contribution is -0.276. The van der Waals surface area contributed by atoms with Gasteiger partial charge in [0, 0.05) is 35.9 Å². The minimum absolute atomic E-state index is 0.108. The molecule has 0 amide bonds. The quantitative estimate of drug-likeness (QED) is 0.581. The number of rotatable bonds is 3. The molecule has 0 aliphatic carbocycles. The second kappa shape index (κ2) is 7.50. The number of pyridine rings is 1. The van der Waals surface area contributed by atoms with E-state index in [0.717, 1.165) is 0 Å². The maximum Gasteiger partial charge on any atom is 0.574 e. The topological polar surface area (TPSA) is 93.5 Å². The number of esters is 1. The number of hydrogen-bond donors (Lipinski definition) is 1. The predicted octanol–water partition coefficient (Wildman–Crippen LogP) is 3.94. The molecule has 0 fully saturated rings. The summed E-state index contributed by atoms with van der Waals surface area (Å²) in [5.74, 6) is -0.899. The van der Waals surface area contributed by atoms with Crippen LogP contribution in [-0.2, 0) is 17.6 Å². The number of halogens is 3. The van der Waals surface area contributed by atoms with Crippen molar-refractivity contribution in [2.45, 2.75) is 33.1 Å². The normalized spacial score (nSPS) is 14.7. The average Bonchev–Trinajstić information content (AvgIpc) is 3.20. The molecule has 0 atom stereocenters. The van der Waals surface area contributed by atoms with Crippen LogP contribution in [-0.4, -0.2) is 23.9 Å². The third-order valence-electron chi connectivity index (χ3n) is 5.05. The van der Waals surface area contributed by atoms with E-state index >= 15 is 0 Å². The van der Waals surface area contributed by atoms with Gasteiger partial charge in [0.1, 0.15) is 0 Å². The van der Waals surface area contributed by atoms with Crippen LogP contribution in [0, 0.1) is 18.3 Å². The van der Waals surface area contributed by atoms with Crippen molar-refractivity contribution in [2.75, 3.05) is 11.9 Å². The number of aromatic nitrogens is 1. The summed E-state index contributed by atoms with van der Waals surface area (Å²) in [5, 5.41) is 12.2. The van der Waals surface area contributed by atoms with Gasteiger partial charge in [-0.25, -0.2) is 9.78 Å². The van der Waals surface area contributed by atoms with Crippen LogP contribution >= 0.6 is 0 Å². The van der Waals surface area contributed by atoms with Crippen LogP contribution in [0.2, 0.25) is 0 Å². The van der Waals surface area contributed by atoms with E-state index in [9.17, 15) is 23.2 Å². The summed E-state index contributed by atoms with van der Waals surface area (Å²) in [6, 6.07) is 5.07. The van der Waals surface area contributed by atoms with Gasteiger partial charge in [0.2, 0.25) is 5.88 Å². The van der Waals surface area contributed by atoms with Crippen LogP contribution in [0.1, 0.15) is 29.2 Å². The van der Waals surface area contributed by atoms with E-state index in [4.69, 9.17) is 9.47 Å². The van der Waals surface area contributed by atoms with Crippen LogP contribution in [0.25, 0.3) is 0 Å². The molecular formula is C21H16F3N3O4. The van der Waals surface area contributed by atoms with Gasteiger partial charge in [-0.2, -0.15) is 5.26 Å². The zero-order valence-corrected chi connectivity index (χ0v) is 16.5. The summed E-state index contributed by atoms with van der Waals surface area (Å²) < 4.78 is 53.5. The third-order valence-corrected chi connectivity index (χ3v) is 5.05. The standard InChI is InChI=1S/C21H16F3N3O4/c1-10-9-26-19(31-21(22,23)24)15-7-14(11(2)27-17(10)15)20(28)30-16-4-3-12(8-25)13-5-6-29-18(13)16/h3-4,9,27H,5-7H2,1-2H3. The highest BCUT2D eigenvalue weighted by Gasteiger charge is 2.35. The fraction of sp³-hybridized carbons (Fsp3) is 0.286. The highest BCUT2D eigenvalue weighted by atomic mass is 19.4. The van der Waals surface area contributed by atoms with E-state index in [1.165, 1.54) is 18.3 Å². The highest BCUT2D eigenvalue weighted by molar-refractivity contribution is 5.94. The SMILES string of the molecule is CC1=C(C(=O)Oc2ccc(C#N)c3c2OCC3)Cc2c(OC(F)(F)F)ncc(C)c2N1. The molecule has 0 saturated heterocycles. The molecule has 1 N–H and O–H groups in total. The van der Waals surface area contributed by atoms with Crippen LogP contribution in [0.5, 0.6) is 17.4 Å².